The summed E-state index contributed by atoms with van der Waals surface area (Å²) < 4.78 is 5.58. The van der Waals surface area contributed by atoms with Gasteiger partial charge in [0.25, 0.3) is 0 Å². The molecule has 90 valence electrons. The Morgan fingerprint density at radius 3 is 2.88 bits per heavy atom. The van der Waals surface area contributed by atoms with Crippen molar-refractivity contribution in [3.05, 3.63) is 0 Å². The first-order valence-electron chi connectivity index (χ1n) is 6.43. The second-order valence-electron chi connectivity index (χ2n) is 5.34. The van der Waals surface area contributed by atoms with Crippen molar-refractivity contribution in [2.75, 3.05) is 19.6 Å². The molecule has 0 saturated carbocycles. The van der Waals surface area contributed by atoms with Gasteiger partial charge in [-0.15, -0.1) is 0 Å². The Bertz CT molecular complexity index is 279. The van der Waals surface area contributed by atoms with Crippen LogP contribution in [0.5, 0.6) is 0 Å². The van der Waals surface area contributed by atoms with Crippen molar-refractivity contribution in [2.45, 2.75) is 44.4 Å². The fourth-order valence-corrected chi connectivity index (χ4v) is 3.19. The fraction of sp³-hybridized carbons (Fsp3) is 0.917. The lowest BCUT2D eigenvalue weighted by molar-refractivity contribution is -0.161. The number of rotatable bonds is 2. The Morgan fingerprint density at radius 1 is 1.38 bits per heavy atom. The first-order valence-corrected chi connectivity index (χ1v) is 6.43. The third-order valence-corrected chi connectivity index (χ3v) is 4.35. The molecule has 16 heavy (non-hydrogen) atoms. The topological polar surface area (TPSA) is 41.6 Å². The SMILES string of the molecule is C[C@H]1NCC1OC(=O)C1C2CCCN1CC2. The summed E-state index contributed by atoms with van der Waals surface area (Å²) in [6, 6.07) is 0.404. The van der Waals surface area contributed by atoms with Gasteiger partial charge in [-0.3, -0.25) is 9.69 Å². The van der Waals surface area contributed by atoms with Crippen LogP contribution in [0.25, 0.3) is 0 Å². The van der Waals surface area contributed by atoms with Crippen LogP contribution in [0.4, 0.5) is 0 Å². The van der Waals surface area contributed by atoms with E-state index >= 15 is 0 Å². The molecule has 4 heteroatoms. The molecule has 0 radical (unpaired) electrons. The molecular weight excluding hydrogens is 204 g/mol. The van der Waals surface area contributed by atoms with Gasteiger partial charge in [0.1, 0.15) is 12.1 Å². The highest BCUT2D eigenvalue weighted by Crippen LogP contribution is 2.34. The number of nitrogens with one attached hydrogen (secondary N) is 1. The van der Waals surface area contributed by atoms with Crippen LogP contribution in [0.3, 0.4) is 0 Å². The molecule has 0 spiro atoms. The molecule has 3 rings (SSSR count). The van der Waals surface area contributed by atoms with Crippen molar-refractivity contribution < 1.29 is 9.53 Å². The monoisotopic (exact) mass is 224 g/mol. The maximum Gasteiger partial charge on any atom is 0.324 e. The van der Waals surface area contributed by atoms with Crippen molar-refractivity contribution in [2.24, 2.45) is 5.92 Å². The molecule has 3 aliphatic heterocycles. The number of esters is 1. The normalized spacial score (nSPS) is 46.2. The van der Waals surface area contributed by atoms with Crippen LogP contribution in [0, 0.1) is 5.92 Å². The lowest BCUT2D eigenvalue weighted by Crippen LogP contribution is -2.59. The van der Waals surface area contributed by atoms with Crippen LogP contribution >= 0.6 is 0 Å². The third kappa shape index (κ3) is 1.64. The molecule has 4 unspecified atom stereocenters. The largest absolute Gasteiger partial charge is 0.458 e. The molecule has 3 heterocycles. The molecule has 0 aromatic carbocycles. The van der Waals surface area contributed by atoms with Crippen molar-refractivity contribution in [3.8, 4) is 0 Å². The first kappa shape index (κ1) is 10.5. The molecule has 3 aliphatic rings. The van der Waals surface area contributed by atoms with Crippen LogP contribution < -0.4 is 5.32 Å². The molecule has 0 aliphatic carbocycles. The minimum absolute atomic E-state index is 0.0283. The molecule has 0 aromatic rings. The molecule has 0 aromatic heterocycles. The van der Waals surface area contributed by atoms with Crippen LogP contribution in [0.1, 0.15) is 26.2 Å². The Balaban J connectivity index is 1.62. The van der Waals surface area contributed by atoms with Gasteiger partial charge in [0.15, 0.2) is 0 Å². The molecular formula is C12H20N2O2. The van der Waals surface area contributed by atoms with E-state index in [1.54, 1.807) is 0 Å². The third-order valence-electron chi connectivity index (χ3n) is 4.35. The van der Waals surface area contributed by atoms with Gasteiger partial charge in [-0.1, -0.05) is 0 Å². The van der Waals surface area contributed by atoms with Gasteiger partial charge < -0.3 is 10.1 Å². The predicted octanol–water partition coefficient (Wildman–Crippen LogP) is 0.374. The number of hydrogen-bond acceptors (Lipinski definition) is 4. The zero-order valence-electron chi connectivity index (χ0n) is 9.82. The van der Waals surface area contributed by atoms with Crippen molar-refractivity contribution in [3.63, 3.8) is 0 Å². The average Bonchev–Trinajstić information content (AvgIpc) is 2.54. The Kier molecular flexibility index (Phi) is 2.64. The molecule has 0 amide bonds. The second kappa shape index (κ2) is 4.00. The number of fused-ring (bicyclic) bond motifs is 2. The number of carbonyl (C=O) groups is 1. The molecule has 3 saturated heterocycles. The first-order chi connectivity index (χ1) is 7.75. The number of ether oxygens (including phenoxy) is 1. The predicted molar refractivity (Wildman–Crippen MR) is 60.0 cm³/mol. The number of nitrogens with zero attached hydrogens (tertiary/aromatic N) is 1. The van der Waals surface area contributed by atoms with Gasteiger partial charge in [-0.2, -0.15) is 0 Å². The van der Waals surface area contributed by atoms with E-state index < -0.39 is 0 Å². The highest BCUT2D eigenvalue weighted by atomic mass is 16.5. The van der Waals surface area contributed by atoms with Crippen molar-refractivity contribution >= 4 is 5.97 Å². The van der Waals surface area contributed by atoms with Crippen LogP contribution in [-0.2, 0) is 9.53 Å². The summed E-state index contributed by atoms with van der Waals surface area (Å²) >= 11 is 0. The smallest absolute Gasteiger partial charge is 0.324 e. The molecule has 5 atom stereocenters. The van der Waals surface area contributed by atoms with E-state index in [0.29, 0.717) is 12.0 Å². The highest BCUT2D eigenvalue weighted by Gasteiger charge is 2.44. The van der Waals surface area contributed by atoms with E-state index in [1.165, 1.54) is 19.3 Å². The summed E-state index contributed by atoms with van der Waals surface area (Å²) in [4.78, 5) is 14.4. The minimum Gasteiger partial charge on any atom is -0.458 e. The maximum absolute atomic E-state index is 12.1. The van der Waals surface area contributed by atoms with Gasteiger partial charge in [0, 0.05) is 12.6 Å². The quantitative estimate of drug-likeness (QED) is 0.688. The molecule has 3 fully saturated rings. The standard InChI is InChI=1S/C12H20N2O2/c1-8-10(7-13-8)16-12(15)11-9-3-2-5-14(11)6-4-9/h8-11,13H,2-7H2,1H3/t8-,9?,10?,11?/m1/s1. The zero-order chi connectivity index (χ0) is 11.1. The molecule has 2 bridgehead atoms. The van der Waals surface area contributed by atoms with E-state index in [4.69, 9.17) is 4.74 Å². The van der Waals surface area contributed by atoms with E-state index in [9.17, 15) is 4.79 Å². The summed E-state index contributed by atoms with van der Waals surface area (Å²) in [7, 11) is 0. The summed E-state index contributed by atoms with van der Waals surface area (Å²) in [5.41, 5.74) is 0. The van der Waals surface area contributed by atoms with Gasteiger partial charge in [0.2, 0.25) is 0 Å². The Hall–Kier alpha value is -0.610. The summed E-state index contributed by atoms with van der Waals surface area (Å²) in [5, 5.41) is 3.21. The number of piperidine rings is 1. The zero-order valence-corrected chi connectivity index (χ0v) is 9.82. The van der Waals surface area contributed by atoms with Gasteiger partial charge in [-0.25, -0.2) is 0 Å². The average molecular weight is 224 g/mol. The van der Waals surface area contributed by atoms with E-state index in [-0.39, 0.29) is 18.1 Å². The highest BCUT2D eigenvalue weighted by molar-refractivity contribution is 5.77. The molecule has 4 nitrogen and oxygen atoms in total. The Morgan fingerprint density at radius 2 is 2.25 bits per heavy atom. The number of hydrogen-bond donors (Lipinski definition) is 1. The van der Waals surface area contributed by atoms with Crippen LogP contribution in [0.2, 0.25) is 0 Å². The second-order valence-corrected chi connectivity index (χ2v) is 5.34. The summed E-state index contributed by atoms with van der Waals surface area (Å²) in [6.45, 7) is 5.05. The van der Waals surface area contributed by atoms with Crippen molar-refractivity contribution in [1.82, 2.24) is 10.2 Å². The Labute approximate surface area is 96.3 Å². The van der Waals surface area contributed by atoms with Crippen LogP contribution in [-0.4, -0.2) is 48.7 Å². The van der Waals surface area contributed by atoms with Gasteiger partial charge >= 0.3 is 5.97 Å². The van der Waals surface area contributed by atoms with E-state index in [0.717, 1.165) is 19.6 Å². The lowest BCUT2D eigenvalue weighted by Gasteiger charge is -2.38. The summed E-state index contributed by atoms with van der Waals surface area (Å²) in [6.07, 6.45) is 3.73. The van der Waals surface area contributed by atoms with Crippen molar-refractivity contribution in [1.29, 1.82) is 0 Å². The fourth-order valence-electron chi connectivity index (χ4n) is 3.19. The van der Waals surface area contributed by atoms with Gasteiger partial charge in [-0.05, 0) is 45.2 Å². The maximum atomic E-state index is 12.1. The van der Waals surface area contributed by atoms with Crippen LogP contribution in [0.15, 0.2) is 0 Å². The minimum atomic E-state index is 0.0283. The molecule has 1 N–H and O–H groups in total. The van der Waals surface area contributed by atoms with Gasteiger partial charge in [0.05, 0.1) is 0 Å². The van der Waals surface area contributed by atoms with E-state index in [2.05, 4.69) is 17.1 Å². The van der Waals surface area contributed by atoms with E-state index in [1.807, 2.05) is 0 Å². The summed E-state index contributed by atoms with van der Waals surface area (Å²) in [5.74, 6) is 0.588. The lowest BCUT2D eigenvalue weighted by atomic mass is 9.92. The number of carbonyl (C=O) groups excluding carboxylic acids is 1.